The van der Waals surface area contributed by atoms with Crippen LogP contribution in [0.25, 0.3) is 0 Å². The van der Waals surface area contributed by atoms with Crippen molar-refractivity contribution in [2.75, 3.05) is 6.61 Å². The van der Waals surface area contributed by atoms with Crippen LogP contribution >= 0.6 is 0 Å². The standard InChI is InChI=1S/C29H46O4/c1-11-15-22(20-24(30)27(3,4)5)18-19-32-29(9,10)21(2)25(31)26(33-28(6,7)8)23-16-13-12-14-17-23/h11-14,16-17,21-22,26H,1,15,18-20H2,2-10H3. The van der Waals surface area contributed by atoms with Crippen LogP contribution in [0.3, 0.4) is 0 Å². The van der Waals surface area contributed by atoms with Crippen molar-refractivity contribution in [2.45, 2.75) is 98.9 Å². The lowest BCUT2D eigenvalue weighted by Gasteiger charge is -2.35. The van der Waals surface area contributed by atoms with E-state index in [-0.39, 0.29) is 28.8 Å². The Bertz CT molecular complexity index is 765. The average Bonchev–Trinajstić information content (AvgIpc) is 2.70. The molecule has 4 heteroatoms. The number of ketones is 2. The molecule has 3 unspecified atom stereocenters. The molecular weight excluding hydrogens is 412 g/mol. The maximum absolute atomic E-state index is 13.6. The molecule has 33 heavy (non-hydrogen) atoms. The van der Waals surface area contributed by atoms with E-state index in [1.807, 2.05) is 98.7 Å². The lowest BCUT2D eigenvalue weighted by molar-refractivity contribution is -0.155. The molecule has 0 spiro atoms. The summed E-state index contributed by atoms with van der Waals surface area (Å²) in [7, 11) is 0. The summed E-state index contributed by atoms with van der Waals surface area (Å²) in [6.45, 7) is 21.9. The normalized spacial score (nSPS) is 15.5. The van der Waals surface area contributed by atoms with Crippen LogP contribution in [0.1, 0.15) is 93.2 Å². The zero-order valence-corrected chi connectivity index (χ0v) is 22.4. The zero-order chi connectivity index (χ0) is 25.4. The minimum absolute atomic E-state index is 0.00618. The van der Waals surface area contributed by atoms with E-state index in [2.05, 4.69) is 6.58 Å². The van der Waals surface area contributed by atoms with Gasteiger partial charge in [0.2, 0.25) is 0 Å². The molecule has 0 N–H and O–H groups in total. The molecule has 3 atom stereocenters. The molecule has 4 nitrogen and oxygen atoms in total. The van der Waals surface area contributed by atoms with Gasteiger partial charge in [-0.25, -0.2) is 0 Å². The van der Waals surface area contributed by atoms with Crippen molar-refractivity contribution in [3.8, 4) is 0 Å². The van der Waals surface area contributed by atoms with E-state index >= 15 is 0 Å². The van der Waals surface area contributed by atoms with Gasteiger partial charge in [0, 0.05) is 24.4 Å². The van der Waals surface area contributed by atoms with E-state index in [4.69, 9.17) is 9.47 Å². The second-order valence-corrected chi connectivity index (χ2v) is 11.7. The summed E-state index contributed by atoms with van der Waals surface area (Å²) in [6, 6.07) is 9.64. The molecule has 0 aromatic heterocycles. The molecule has 0 radical (unpaired) electrons. The monoisotopic (exact) mass is 458 g/mol. The molecule has 186 valence electrons. The van der Waals surface area contributed by atoms with Crippen molar-refractivity contribution in [1.29, 1.82) is 0 Å². The van der Waals surface area contributed by atoms with E-state index in [0.29, 0.717) is 13.0 Å². The first-order chi connectivity index (χ1) is 15.1. The second-order valence-electron chi connectivity index (χ2n) is 11.7. The maximum Gasteiger partial charge on any atom is 0.171 e. The van der Waals surface area contributed by atoms with Gasteiger partial charge in [-0.15, -0.1) is 6.58 Å². The number of carbonyl (C=O) groups is 2. The molecule has 1 aromatic carbocycles. The molecule has 1 rings (SSSR count). The Morgan fingerprint density at radius 3 is 2.06 bits per heavy atom. The molecule has 0 amide bonds. The van der Waals surface area contributed by atoms with Crippen molar-refractivity contribution >= 4 is 11.6 Å². The second kappa shape index (κ2) is 12.1. The number of ether oxygens (including phenoxy) is 2. The number of hydrogen-bond acceptors (Lipinski definition) is 4. The van der Waals surface area contributed by atoms with Gasteiger partial charge >= 0.3 is 0 Å². The summed E-state index contributed by atoms with van der Waals surface area (Å²) in [5.41, 5.74) is -0.622. The first kappa shape index (κ1) is 29.3. The van der Waals surface area contributed by atoms with Gasteiger partial charge in [-0.05, 0) is 58.9 Å². The van der Waals surface area contributed by atoms with Crippen LogP contribution in [-0.4, -0.2) is 29.4 Å². The van der Waals surface area contributed by atoms with Gasteiger partial charge < -0.3 is 9.47 Å². The van der Waals surface area contributed by atoms with Gasteiger partial charge in [0.05, 0.1) is 11.2 Å². The highest BCUT2D eigenvalue weighted by Gasteiger charge is 2.38. The third-order valence-corrected chi connectivity index (χ3v) is 6.11. The van der Waals surface area contributed by atoms with E-state index in [0.717, 1.165) is 18.4 Å². The van der Waals surface area contributed by atoms with Crippen molar-refractivity contribution in [1.82, 2.24) is 0 Å². The van der Waals surface area contributed by atoms with E-state index < -0.39 is 17.3 Å². The van der Waals surface area contributed by atoms with Gasteiger partial charge in [-0.2, -0.15) is 0 Å². The molecule has 0 fully saturated rings. The van der Waals surface area contributed by atoms with Crippen molar-refractivity contribution in [3.63, 3.8) is 0 Å². The summed E-state index contributed by atoms with van der Waals surface area (Å²) < 4.78 is 12.4. The Kier molecular flexibility index (Phi) is 10.7. The predicted molar refractivity (Wildman–Crippen MR) is 136 cm³/mol. The maximum atomic E-state index is 13.6. The quantitative estimate of drug-likeness (QED) is 0.295. The summed E-state index contributed by atoms with van der Waals surface area (Å²) >= 11 is 0. The van der Waals surface area contributed by atoms with Crippen LogP contribution in [0, 0.1) is 17.3 Å². The summed E-state index contributed by atoms with van der Waals surface area (Å²) in [6.07, 6.45) is 3.26. The third kappa shape index (κ3) is 9.93. The van der Waals surface area contributed by atoms with Crippen LogP contribution in [0.4, 0.5) is 0 Å². The highest BCUT2D eigenvalue weighted by molar-refractivity contribution is 5.87. The Morgan fingerprint density at radius 2 is 1.58 bits per heavy atom. The Balaban J connectivity index is 2.87. The minimum atomic E-state index is -0.669. The topological polar surface area (TPSA) is 52.6 Å². The number of rotatable bonds is 13. The fraction of sp³-hybridized carbons (Fsp3) is 0.655. The zero-order valence-electron chi connectivity index (χ0n) is 22.4. The highest BCUT2D eigenvalue weighted by Crippen LogP contribution is 2.33. The van der Waals surface area contributed by atoms with Crippen molar-refractivity contribution < 1.29 is 19.1 Å². The lowest BCUT2D eigenvalue weighted by Crippen LogP contribution is -2.42. The number of benzene rings is 1. The van der Waals surface area contributed by atoms with Crippen LogP contribution in [0.15, 0.2) is 43.0 Å². The van der Waals surface area contributed by atoms with Crippen LogP contribution < -0.4 is 0 Å². The number of hydrogen-bond donors (Lipinski definition) is 0. The summed E-state index contributed by atoms with van der Waals surface area (Å²) in [4.78, 5) is 26.1. The first-order valence-electron chi connectivity index (χ1n) is 12.1. The molecule has 0 bridgehead atoms. The Hall–Kier alpha value is -1.78. The van der Waals surface area contributed by atoms with Crippen LogP contribution in [0.2, 0.25) is 0 Å². The summed E-state index contributed by atoms with van der Waals surface area (Å²) in [5.74, 6) is 0.0744. The molecule has 0 aliphatic heterocycles. The van der Waals surface area contributed by atoms with Gasteiger partial charge in [0.25, 0.3) is 0 Å². The molecule has 0 saturated carbocycles. The van der Waals surface area contributed by atoms with Gasteiger partial charge in [0.15, 0.2) is 5.78 Å². The van der Waals surface area contributed by atoms with Gasteiger partial charge in [-0.3, -0.25) is 9.59 Å². The van der Waals surface area contributed by atoms with E-state index in [1.165, 1.54) is 0 Å². The molecule has 1 aromatic rings. The molecule has 0 aliphatic rings. The molecular formula is C29H46O4. The number of allylic oxidation sites excluding steroid dienone is 1. The number of Topliss-reactive ketones (excluding diaryl/α,β-unsaturated/α-hetero) is 2. The first-order valence-corrected chi connectivity index (χ1v) is 12.1. The fourth-order valence-corrected chi connectivity index (χ4v) is 3.56. The van der Waals surface area contributed by atoms with Gasteiger partial charge in [-0.1, -0.05) is 64.1 Å². The largest absolute Gasteiger partial charge is 0.375 e. The molecule has 0 aliphatic carbocycles. The predicted octanol–water partition coefficient (Wildman–Crippen LogP) is 7.13. The van der Waals surface area contributed by atoms with Gasteiger partial charge in [0.1, 0.15) is 11.9 Å². The molecule has 0 heterocycles. The highest BCUT2D eigenvalue weighted by atomic mass is 16.5. The van der Waals surface area contributed by atoms with Crippen LogP contribution in [0.5, 0.6) is 0 Å². The lowest BCUT2D eigenvalue weighted by atomic mass is 9.83. The number of carbonyl (C=O) groups excluding carboxylic acids is 2. The summed E-state index contributed by atoms with van der Waals surface area (Å²) in [5, 5.41) is 0. The molecule has 0 saturated heterocycles. The van der Waals surface area contributed by atoms with Crippen molar-refractivity contribution in [3.05, 3.63) is 48.6 Å². The smallest absolute Gasteiger partial charge is 0.171 e. The van der Waals surface area contributed by atoms with E-state index in [9.17, 15) is 9.59 Å². The SMILES string of the molecule is C=CCC(CCOC(C)(C)C(C)C(=O)C(OC(C)(C)C)c1ccccc1)CC(=O)C(C)(C)C. The third-order valence-electron chi connectivity index (χ3n) is 6.11. The Morgan fingerprint density at radius 1 is 1.00 bits per heavy atom. The minimum Gasteiger partial charge on any atom is -0.375 e. The van der Waals surface area contributed by atoms with Crippen molar-refractivity contribution in [2.24, 2.45) is 17.3 Å². The Labute approximate surface area is 202 Å². The van der Waals surface area contributed by atoms with Crippen LogP contribution in [-0.2, 0) is 19.1 Å². The van der Waals surface area contributed by atoms with E-state index in [1.54, 1.807) is 0 Å². The fourth-order valence-electron chi connectivity index (χ4n) is 3.56. The average molecular weight is 459 g/mol.